The largest absolute Gasteiger partial charge is 0.497 e. The molecule has 0 saturated heterocycles. The number of nitrogens with zero attached hydrogens (tertiary/aromatic N) is 4. The highest BCUT2D eigenvalue weighted by atomic mass is 19.1. The first-order valence-electron chi connectivity index (χ1n) is 10.3. The third-order valence-corrected chi connectivity index (χ3v) is 5.34. The van der Waals surface area contributed by atoms with Crippen LogP contribution in [0.2, 0.25) is 0 Å². The van der Waals surface area contributed by atoms with Gasteiger partial charge in [0.2, 0.25) is 0 Å². The second kappa shape index (κ2) is 8.72. The Labute approximate surface area is 185 Å². The Morgan fingerprint density at radius 2 is 1.75 bits per heavy atom. The fraction of sp³-hybridized carbons (Fsp3) is 0.160. The van der Waals surface area contributed by atoms with Crippen LogP contribution in [0.15, 0.2) is 77.8 Å². The predicted molar refractivity (Wildman–Crippen MR) is 119 cm³/mol. The maximum Gasteiger partial charge on any atom is 0.163 e. The van der Waals surface area contributed by atoms with Crippen LogP contribution in [0.3, 0.4) is 0 Å². The molecule has 4 aromatic rings. The van der Waals surface area contributed by atoms with E-state index in [1.807, 2.05) is 59.2 Å². The number of benzene rings is 3. The van der Waals surface area contributed by atoms with Gasteiger partial charge in [0, 0.05) is 11.1 Å². The summed E-state index contributed by atoms with van der Waals surface area (Å²) in [5, 5.41) is 8.65. The van der Waals surface area contributed by atoms with Crippen molar-refractivity contribution in [3.05, 3.63) is 107 Å². The lowest BCUT2D eigenvalue weighted by Gasteiger charge is -2.14. The van der Waals surface area contributed by atoms with Crippen LogP contribution in [0.25, 0.3) is 5.69 Å². The van der Waals surface area contributed by atoms with Crippen LogP contribution in [-0.4, -0.2) is 27.6 Å². The molecule has 0 fully saturated rings. The second-order valence-corrected chi connectivity index (χ2v) is 7.40. The lowest BCUT2D eigenvalue weighted by molar-refractivity contribution is 0.100. The number of halogens is 1. The minimum atomic E-state index is -0.318. The molecule has 0 amide bonds. The smallest absolute Gasteiger partial charge is 0.163 e. The van der Waals surface area contributed by atoms with Crippen LogP contribution in [0, 0.1) is 5.82 Å². The van der Waals surface area contributed by atoms with Crippen molar-refractivity contribution < 1.29 is 13.9 Å². The van der Waals surface area contributed by atoms with Gasteiger partial charge in [-0.2, -0.15) is 0 Å². The molecular formula is C25H21FN4O2. The first-order valence-corrected chi connectivity index (χ1v) is 10.3. The summed E-state index contributed by atoms with van der Waals surface area (Å²) in [6, 6.07) is 22.2. The Morgan fingerprint density at radius 1 is 0.938 bits per heavy atom. The van der Waals surface area contributed by atoms with Crippen LogP contribution in [-0.2, 0) is 24.5 Å². The zero-order valence-corrected chi connectivity index (χ0v) is 17.5. The molecule has 5 rings (SSSR count). The van der Waals surface area contributed by atoms with Gasteiger partial charge < -0.3 is 9.47 Å². The Hall–Kier alpha value is -3.84. The Morgan fingerprint density at radius 3 is 2.53 bits per heavy atom. The Balaban J connectivity index is 1.44. The molecule has 3 aromatic carbocycles. The third kappa shape index (κ3) is 3.90. The van der Waals surface area contributed by atoms with E-state index in [9.17, 15) is 4.39 Å². The van der Waals surface area contributed by atoms with Crippen molar-refractivity contribution in [3.8, 4) is 11.4 Å². The Bertz CT molecular complexity index is 1270. The summed E-state index contributed by atoms with van der Waals surface area (Å²) in [5.74, 6) is 1.81. The van der Waals surface area contributed by atoms with E-state index in [1.54, 1.807) is 13.2 Å². The zero-order chi connectivity index (χ0) is 21.9. The molecule has 0 N–H and O–H groups in total. The number of hydrogen-bond donors (Lipinski definition) is 0. The van der Waals surface area contributed by atoms with Crippen LogP contribution in [0.5, 0.6) is 5.75 Å². The third-order valence-electron chi connectivity index (χ3n) is 5.34. The molecule has 32 heavy (non-hydrogen) atoms. The van der Waals surface area contributed by atoms with Crippen molar-refractivity contribution in [2.24, 2.45) is 4.99 Å². The van der Waals surface area contributed by atoms with E-state index in [4.69, 9.17) is 14.5 Å². The summed E-state index contributed by atoms with van der Waals surface area (Å²) in [6.07, 6.45) is 0. The topological polar surface area (TPSA) is 61.5 Å². The van der Waals surface area contributed by atoms with Gasteiger partial charge >= 0.3 is 0 Å². The molecule has 2 heterocycles. The average molecular weight is 428 g/mol. The minimum Gasteiger partial charge on any atom is -0.497 e. The maximum absolute atomic E-state index is 14.2. The first-order chi connectivity index (χ1) is 15.7. The molecule has 0 saturated carbocycles. The van der Waals surface area contributed by atoms with E-state index in [-0.39, 0.29) is 12.4 Å². The predicted octanol–water partition coefficient (Wildman–Crippen LogP) is 4.48. The van der Waals surface area contributed by atoms with E-state index >= 15 is 0 Å². The molecule has 160 valence electrons. The Kier molecular flexibility index (Phi) is 5.47. The SMILES string of the molecule is COc1ccc(COCc2nnc3n2-c2ccc(F)cc2C(c2ccccc2)=NC3)cc1. The van der Waals surface area contributed by atoms with Crippen LogP contribution in [0.1, 0.15) is 28.3 Å². The van der Waals surface area contributed by atoms with Gasteiger partial charge in [-0.1, -0.05) is 42.5 Å². The van der Waals surface area contributed by atoms with Gasteiger partial charge in [0.05, 0.1) is 25.1 Å². The molecule has 0 spiro atoms. The number of fused-ring (bicyclic) bond motifs is 3. The van der Waals surface area contributed by atoms with Crippen LogP contribution in [0.4, 0.5) is 4.39 Å². The van der Waals surface area contributed by atoms with Gasteiger partial charge in [0.15, 0.2) is 11.6 Å². The van der Waals surface area contributed by atoms with Gasteiger partial charge in [0.25, 0.3) is 0 Å². The molecule has 0 unspecified atom stereocenters. The maximum atomic E-state index is 14.2. The summed E-state index contributed by atoms with van der Waals surface area (Å²) in [7, 11) is 1.64. The average Bonchev–Trinajstić information content (AvgIpc) is 3.15. The minimum absolute atomic E-state index is 0.260. The highest BCUT2D eigenvalue weighted by molar-refractivity contribution is 6.15. The second-order valence-electron chi connectivity index (χ2n) is 7.40. The summed E-state index contributed by atoms with van der Waals surface area (Å²) < 4.78 is 27.3. The molecule has 0 bridgehead atoms. The number of hydrogen-bond acceptors (Lipinski definition) is 5. The van der Waals surface area contributed by atoms with Crippen LogP contribution >= 0.6 is 0 Å². The molecule has 0 atom stereocenters. The van der Waals surface area contributed by atoms with E-state index in [1.165, 1.54) is 12.1 Å². The van der Waals surface area contributed by atoms with Gasteiger partial charge in [-0.05, 0) is 35.9 Å². The van der Waals surface area contributed by atoms with Crippen molar-refractivity contribution in [2.75, 3.05) is 7.11 Å². The van der Waals surface area contributed by atoms with Gasteiger partial charge in [-0.15, -0.1) is 10.2 Å². The molecule has 6 nitrogen and oxygen atoms in total. The molecule has 0 radical (unpaired) electrons. The summed E-state index contributed by atoms with van der Waals surface area (Å²) in [5.41, 5.74) is 4.17. The molecule has 1 aliphatic heterocycles. The van der Waals surface area contributed by atoms with Crippen LogP contribution < -0.4 is 4.74 Å². The zero-order valence-electron chi connectivity index (χ0n) is 17.5. The number of aliphatic imine (C=N–C) groups is 1. The van der Waals surface area contributed by atoms with Gasteiger partial charge in [-0.25, -0.2) is 4.39 Å². The number of aromatic nitrogens is 3. The number of ether oxygens (including phenoxy) is 2. The van der Waals surface area contributed by atoms with Crippen molar-refractivity contribution in [1.29, 1.82) is 0 Å². The summed E-state index contributed by atoms with van der Waals surface area (Å²) in [4.78, 5) is 4.75. The van der Waals surface area contributed by atoms with Crippen molar-refractivity contribution >= 4 is 5.71 Å². The number of methoxy groups -OCH3 is 1. The standard InChI is InChI=1S/C25H21FN4O2/c1-31-20-10-7-17(8-11-20)15-32-16-24-29-28-23-14-27-25(18-5-3-2-4-6-18)21-13-19(26)9-12-22(21)30(23)24/h2-13H,14-16H2,1H3. The molecule has 0 aliphatic carbocycles. The highest BCUT2D eigenvalue weighted by Crippen LogP contribution is 2.27. The molecule has 1 aliphatic rings. The van der Waals surface area contributed by atoms with Gasteiger partial charge in [-0.3, -0.25) is 9.56 Å². The molecule has 1 aromatic heterocycles. The van der Waals surface area contributed by atoms with Crippen molar-refractivity contribution in [2.45, 2.75) is 19.8 Å². The lowest BCUT2D eigenvalue weighted by Crippen LogP contribution is -2.11. The fourth-order valence-corrected chi connectivity index (χ4v) is 3.78. The summed E-state index contributed by atoms with van der Waals surface area (Å²) in [6.45, 7) is 1.02. The number of rotatable bonds is 6. The van der Waals surface area contributed by atoms with E-state index in [2.05, 4.69) is 10.2 Å². The lowest BCUT2D eigenvalue weighted by atomic mass is 10.0. The van der Waals surface area contributed by atoms with Crippen molar-refractivity contribution in [1.82, 2.24) is 14.8 Å². The van der Waals surface area contributed by atoms with Gasteiger partial charge in [0.1, 0.15) is 24.7 Å². The normalized spacial score (nSPS) is 12.5. The first kappa shape index (κ1) is 20.1. The van der Waals surface area contributed by atoms with E-state index in [0.717, 1.165) is 28.3 Å². The van der Waals surface area contributed by atoms with Crippen molar-refractivity contribution in [3.63, 3.8) is 0 Å². The molecule has 7 heteroatoms. The molecular weight excluding hydrogens is 407 g/mol. The highest BCUT2D eigenvalue weighted by Gasteiger charge is 2.23. The monoisotopic (exact) mass is 428 g/mol. The quantitative estimate of drug-likeness (QED) is 0.454. The fourth-order valence-electron chi connectivity index (χ4n) is 3.78. The summed E-state index contributed by atoms with van der Waals surface area (Å²) >= 11 is 0. The van der Waals surface area contributed by atoms with E-state index in [0.29, 0.717) is 30.4 Å². The van der Waals surface area contributed by atoms with E-state index < -0.39 is 0 Å².